The van der Waals surface area contributed by atoms with Crippen molar-refractivity contribution in [3.8, 4) is 5.75 Å². The Morgan fingerprint density at radius 1 is 0.957 bits per heavy atom. The molecular weight excluding hydrogens is 578 g/mol. The van der Waals surface area contributed by atoms with Gasteiger partial charge in [-0.05, 0) is 109 Å². The molecule has 0 aromatic heterocycles. The van der Waals surface area contributed by atoms with Gasteiger partial charge in [0.05, 0.1) is 7.11 Å². The molecule has 0 spiro atoms. The third-order valence-corrected chi connectivity index (χ3v) is 13.6. The molecule has 1 aromatic rings. The van der Waals surface area contributed by atoms with Crippen LogP contribution in [-0.2, 0) is 25.5 Å². The van der Waals surface area contributed by atoms with Crippen molar-refractivity contribution in [2.24, 2.45) is 33.0 Å². The number of nitrogens with one attached hydrogen (secondary N) is 1. The van der Waals surface area contributed by atoms with E-state index in [1.165, 1.54) is 12.7 Å². The smallest absolute Gasteiger partial charge is 0.328 e. The Morgan fingerprint density at radius 3 is 2.30 bits per heavy atom. The summed E-state index contributed by atoms with van der Waals surface area (Å²) in [5.74, 6) is -0.649. The Hall–Kier alpha value is -3.61. The van der Waals surface area contributed by atoms with Crippen molar-refractivity contribution in [1.82, 2.24) is 5.32 Å². The fraction of sp³-hybridized carbons (Fsp3) is 0.564. The van der Waals surface area contributed by atoms with Crippen LogP contribution in [0.5, 0.6) is 5.75 Å². The van der Waals surface area contributed by atoms with Gasteiger partial charge >= 0.3 is 5.97 Å². The summed E-state index contributed by atoms with van der Waals surface area (Å²) in [6.07, 6.45) is 12.7. The van der Waals surface area contributed by atoms with Crippen LogP contribution in [0.3, 0.4) is 0 Å². The molecule has 0 saturated heterocycles. The molecule has 5 aliphatic rings. The number of ether oxygens (including phenoxy) is 1. The number of phenols is 1. The second kappa shape index (κ2) is 10.7. The summed E-state index contributed by atoms with van der Waals surface area (Å²) in [4.78, 5) is 39.9. The number of amides is 1. The zero-order valence-electron chi connectivity index (χ0n) is 28.4. The standard InChI is InChI=1S/C39H49NO6/c1-23-26-12-13-30-37(4,27(26)21-29(42)32(23)43)17-19-39(6)31-22-36(3,15-14-35(31,2)16-18-38(30,39)5)34(45)40-28(33(44)46-7)20-24-8-10-25(41)11-9-24/h8-13,21,28,31,41,43H,14-20,22H2,1-7H3,(H,40,45)/t28-,31+,35+,36+,37-,38+,39-/m0/s1. The molecule has 0 bridgehead atoms. The largest absolute Gasteiger partial charge is 0.508 e. The molecule has 0 aliphatic heterocycles. The van der Waals surface area contributed by atoms with Crippen LogP contribution in [0, 0.1) is 33.0 Å². The van der Waals surface area contributed by atoms with Gasteiger partial charge in [-0.3, -0.25) is 9.59 Å². The van der Waals surface area contributed by atoms with Gasteiger partial charge in [0.15, 0.2) is 5.76 Å². The molecule has 5 aliphatic carbocycles. The SMILES string of the molecule is COC(=O)[C@H](Cc1ccc(O)cc1)NC(=O)[C@]1(C)CC[C@]2(C)CC[C@]3(C)C4=CC=C5C(=CC(=O)C(O)=C5C)[C@]4(C)CC[C@@]3(C)[C@@H]2C1. The minimum Gasteiger partial charge on any atom is -0.508 e. The van der Waals surface area contributed by atoms with Gasteiger partial charge < -0.3 is 20.3 Å². The zero-order chi connectivity index (χ0) is 33.4. The molecule has 3 saturated carbocycles. The van der Waals surface area contributed by atoms with E-state index in [0.29, 0.717) is 5.57 Å². The minimum atomic E-state index is -0.827. The van der Waals surface area contributed by atoms with Gasteiger partial charge in [-0.2, -0.15) is 0 Å². The molecule has 6 rings (SSSR count). The van der Waals surface area contributed by atoms with Gasteiger partial charge in [0.25, 0.3) is 0 Å². The molecule has 46 heavy (non-hydrogen) atoms. The lowest BCUT2D eigenvalue weighted by Crippen LogP contribution is -2.63. The van der Waals surface area contributed by atoms with E-state index in [1.807, 2.05) is 6.92 Å². The fourth-order valence-electron chi connectivity index (χ4n) is 10.2. The van der Waals surface area contributed by atoms with Crippen LogP contribution in [0.25, 0.3) is 0 Å². The normalized spacial score (nSPS) is 37.3. The molecule has 3 fully saturated rings. The molecule has 246 valence electrons. The van der Waals surface area contributed by atoms with E-state index in [4.69, 9.17) is 4.74 Å². The Kier molecular flexibility index (Phi) is 7.53. The van der Waals surface area contributed by atoms with E-state index in [9.17, 15) is 24.6 Å². The number of benzene rings is 1. The molecular formula is C39H49NO6. The summed E-state index contributed by atoms with van der Waals surface area (Å²) in [6.45, 7) is 13.4. The van der Waals surface area contributed by atoms with Crippen molar-refractivity contribution in [2.45, 2.75) is 99.0 Å². The molecule has 1 amide bonds. The lowest BCUT2D eigenvalue weighted by atomic mass is 9.34. The highest BCUT2D eigenvalue weighted by Crippen LogP contribution is 2.75. The first-order chi connectivity index (χ1) is 21.5. The Morgan fingerprint density at radius 2 is 1.63 bits per heavy atom. The van der Waals surface area contributed by atoms with Crippen molar-refractivity contribution in [3.05, 3.63) is 76.1 Å². The molecule has 0 radical (unpaired) electrons. The molecule has 0 unspecified atom stereocenters. The van der Waals surface area contributed by atoms with E-state index in [0.717, 1.165) is 61.7 Å². The number of ketones is 1. The molecule has 0 heterocycles. The summed E-state index contributed by atoms with van der Waals surface area (Å²) in [5, 5.41) is 23.2. The highest BCUT2D eigenvalue weighted by molar-refractivity contribution is 6.06. The second-order valence-electron chi connectivity index (χ2n) is 16.0. The van der Waals surface area contributed by atoms with E-state index in [-0.39, 0.29) is 57.2 Å². The zero-order valence-corrected chi connectivity index (χ0v) is 28.4. The molecule has 1 aromatic carbocycles. The third-order valence-electron chi connectivity index (χ3n) is 13.6. The summed E-state index contributed by atoms with van der Waals surface area (Å²) in [5.41, 5.74) is 3.74. The fourth-order valence-corrected chi connectivity index (χ4v) is 10.2. The molecule has 7 atom stereocenters. The summed E-state index contributed by atoms with van der Waals surface area (Å²) in [6, 6.07) is 5.83. The van der Waals surface area contributed by atoms with Crippen LogP contribution in [0.1, 0.15) is 92.1 Å². The Labute approximate surface area is 272 Å². The number of methoxy groups -OCH3 is 1. The van der Waals surface area contributed by atoms with E-state index in [1.54, 1.807) is 30.3 Å². The third kappa shape index (κ3) is 4.63. The summed E-state index contributed by atoms with van der Waals surface area (Å²) >= 11 is 0. The van der Waals surface area contributed by atoms with E-state index < -0.39 is 17.4 Å². The lowest BCUT2D eigenvalue weighted by Gasteiger charge is -2.70. The van der Waals surface area contributed by atoms with Crippen molar-refractivity contribution in [2.75, 3.05) is 7.11 Å². The highest BCUT2D eigenvalue weighted by atomic mass is 16.5. The van der Waals surface area contributed by atoms with Crippen LogP contribution in [0.15, 0.2) is 70.5 Å². The van der Waals surface area contributed by atoms with Crippen LogP contribution in [0.2, 0.25) is 0 Å². The van der Waals surface area contributed by atoms with Gasteiger partial charge in [-0.25, -0.2) is 4.79 Å². The quantitative estimate of drug-likeness (QED) is 0.297. The number of hydrogen-bond acceptors (Lipinski definition) is 6. The van der Waals surface area contributed by atoms with Gasteiger partial charge in [0.2, 0.25) is 11.7 Å². The first-order valence-electron chi connectivity index (χ1n) is 16.8. The maximum absolute atomic E-state index is 14.2. The predicted molar refractivity (Wildman–Crippen MR) is 177 cm³/mol. The van der Waals surface area contributed by atoms with Crippen molar-refractivity contribution in [1.29, 1.82) is 0 Å². The second-order valence-corrected chi connectivity index (χ2v) is 16.0. The highest BCUT2D eigenvalue weighted by Gasteiger charge is 2.67. The first-order valence-corrected chi connectivity index (χ1v) is 16.8. The van der Waals surface area contributed by atoms with Crippen LogP contribution >= 0.6 is 0 Å². The number of hydrogen-bond donors (Lipinski definition) is 3. The average Bonchev–Trinajstić information content (AvgIpc) is 3.02. The summed E-state index contributed by atoms with van der Waals surface area (Å²) < 4.78 is 5.09. The average molecular weight is 628 g/mol. The van der Waals surface area contributed by atoms with Crippen molar-refractivity contribution >= 4 is 17.7 Å². The summed E-state index contributed by atoms with van der Waals surface area (Å²) in [7, 11) is 1.34. The van der Waals surface area contributed by atoms with Crippen LogP contribution in [-0.4, -0.2) is 41.0 Å². The van der Waals surface area contributed by atoms with E-state index in [2.05, 4.69) is 52.1 Å². The van der Waals surface area contributed by atoms with Gasteiger partial charge in [0.1, 0.15) is 11.8 Å². The number of carbonyl (C=O) groups excluding carboxylic acids is 3. The molecule has 7 nitrogen and oxygen atoms in total. The number of aliphatic hydroxyl groups excluding tert-OH is 1. The number of phenolic OH excluding ortho intramolecular Hbond substituents is 1. The maximum atomic E-state index is 14.2. The number of carbonyl (C=O) groups is 3. The monoisotopic (exact) mass is 627 g/mol. The van der Waals surface area contributed by atoms with Crippen LogP contribution < -0.4 is 5.32 Å². The predicted octanol–water partition coefficient (Wildman–Crippen LogP) is 7.22. The Balaban J connectivity index is 1.31. The number of aliphatic hydroxyl groups is 1. The number of esters is 1. The minimum absolute atomic E-state index is 0.0846. The molecule has 7 heteroatoms. The Bertz CT molecular complexity index is 1630. The van der Waals surface area contributed by atoms with Gasteiger partial charge in [-0.15, -0.1) is 0 Å². The van der Waals surface area contributed by atoms with Crippen molar-refractivity contribution < 1.29 is 29.3 Å². The lowest BCUT2D eigenvalue weighted by molar-refractivity contribution is -0.170. The first kappa shape index (κ1) is 32.3. The van der Waals surface area contributed by atoms with Crippen molar-refractivity contribution in [3.63, 3.8) is 0 Å². The van der Waals surface area contributed by atoms with E-state index >= 15 is 0 Å². The number of rotatable bonds is 5. The number of allylic oxidation sites excluding steroid dienone is 7. The van der Waals surface area contributed by atoms with Gasteiger partial charge in [-0.1, -0.05) is 64.5 Å². The van der Waals surface area contributed by atoms with Crippen LogP contribution in [0.4, 0.5) is 0 Å². The molecule has 3 N–H and O–H groups in total. The number of fused-ring (bicyclic) bond motifs is 7. The topological polar surface area (TPSA) is 113 Å². The maximum Gasteiger partial charge on any atom is 0.328 e. The number of aromatic hydroxyl groups is 1. The van der Waals surface area contributed by atoms with Gasteiger partial charge in [0, 0.05) is 22.8 Å².